The average molecular weight is 368 g/mol. The van der Waals surface area contributed by atoms with E-state index in [0.717, 1.165) is 37.4 Å². The molecule has 0 bridgehead atoms. The lowest BCUT2D eigenvalue weighted by atomic mass is 10.2. The van der Waals surface area contributed by atoms with Gasteiger partial charge in [-0.25, -0.2) is 4.79 Å². The molecule has 0 aliphatic carbocycles. The Morgan fingerprint density at radius 1 is 1.15 bits per heavy atom. The molecule has 0 amide bonds. The Balaban J connectivity index is 2.58. The second-order valence-corrected chi connectivity index (χ2v) is 5.60. The SMILES string of the molecule is CN(C)C=CC(=O)c1nn(-c2ccc(C(F)(F)F)cc2)c(=O)n(C)c1=O. The van der Waals surface area contributed by atoms with E-state index in [2.05, 4.69) is 5.10 Å². The maximum Gasteiger partial charge on any atom is 0.416 e. The van der Waals surface area contributed by atoms with Crippen molar-refractivity contribution in [3.8, 4) is 5.69 Å². The summed E-state index contributed by atoms with van der Waals surface area (Å²) in [6.45, 7) is 0. The molecule has 0 aliphatic heterocycles. The molecule has 0 fully saturated rings. The molecule has 2 aromatic rings. The molecule has 1 heterocycles. The molecule has 1 aromatic carbocycles. The van der Waals surface area contributed by atoms with Crippen molar-refractivity contribution in [2.45, 2.75) is 6.18 Å². The van der Waals surface area contributed by atoms with Crippen LogP contribution >= 0.6 is 0 Å². The van der Waals surface area contributed by atoms with E-state index in [1.807, 2.05) is 0 Å². The van der Waals surface area contributed by atoms with Gasteiger partial charge in [-0.2, -0.15) is 23.0 Å². The highest BCUT2D eigenvalue weighted by Gasteiger charge is 2.30. The zero-order chi connectivity index (χ0) is 19.6. The summed E-state index contributed by atoms with van der Waals surface area (Å²) in [7, 11) is 4.48. The van der Waals surface area contributed by atoms with Crippen LogP contribution in [-0.2, 0) is 13.2 Å². The number of carbonyl (C=O) groups is 1. The van der Waals surface area contributed by atoms with Crippen LogP contribution < -0.4 is 11.2 Å². The standard InChI is InChI=1S/C16H15F3N4O3/c1-21(2)9-8-12(24)13-14(25)22(3)15(26)23(20-13)11-6-4-10(5-7-11)16(17,18)19/h4-9H,1-3H3. The molecule has 2 rings (SSSR count). The number of alkyl halides is 3. The average Bonchev–Trinajstić information content (AvgIpc) is 2.57. The number of benzene rings is 1. The van der Waals surface area contributed by atoms with Gasteiger partial charge in [-0.1, -0.05) is 0 Å². The Bertz CT molecular complexity index is 970. The van der Waals surface area contributed by atoms with Gasteiger partial charge in [0.1, 0.15) is 0 Å². The van der Waals surface area contributed by atoms with Crippen LogP contribution in [0, 0.1) is 0 Å². The first-order valence-corrected chi connectivity index (χ1v) is 7.29. The van der Waals surface area contributed by atoms with E-state index in [4.69, 9.17) is 0 Å². The Labute approximate surface area is 145 Å². The summed E-state index contributed by atoms with van der Waals surface area (Å²) in [4.78, 5) is 38.0. The van der Waals surface area contributed by atoms with Gasteiger partial charge in [-0.05, 0) is 24.3 Å². The van der Waals surface area contributed by atoms with E-state index < -0.39 is 34.5 Å². The van der Waals surface area contributed by atoms with Gasteiger partial charge in [-0.3, -0.25) is 14.2 Å². The Hall–Kier alpha value is -3.17. The summed E-state index contributed by atoms with van der Waals surface area (Å²) in [5.74, 6) is -0.736. The summed E-state index contributed by atoms with van der Waals surface area (Å²) in [6, 6.07) is 3.63. The number of allylic oxidation sites excluding steroid dienone is 1. The first-order valence-electron chi connectivity index (χ1n) is 7.29. The van der Waals surface area contributed by atoms with E-state index in [-0.39, 0.29) is 5.69 Å². The van der Waals surface area contributed by atoms with E-state index in [1.54, 1.807) is 19.0 Å². The quantitative estimate of drug-likeness (QED) is 0.599. The van der Waals surface area contributed by atoms with Gasteiger partial charge >= 0.3 is 11.9 Å². The van der Waals surface area contributed by atoms with Gasteiger partial charge in [-0.15, -0.1) is 0 Å². The van der Waals surface area contributed by atoms with E-state index in [0.29, 0.717) is 9.25 Å². The number of carbonyl (C=O) groups excluding carboxylic acids is 1. The van der Waals surface area contributed by atoms with Crippen LogP contribution in [0.25, 0.3) is 5.69 Å². The molecular weight excluding hydrogens is 353 g/mol. The zero-order valence-corrected chi connectivity index (χ0v) is 14.1. The molecule has 138 valence electrons. The lowest BCUT2D eigenvalue weighted by Crippen LogP contribution is -2.42. The van der Waals surface area contributed by atoms with Crippen molar-refractivity contribution in [1.82, 2.24) is 19.2 Å². The first-order chi connectivity index (χ1) is 12.0. The maximum absolute atomic E-state index is 12.7. The number of halogens is 3. The van der Waals surface area contributed by atoms with Crippen LogP contribution in [0.3, 0.4) is 0 Å². The zero-order valence-electron chi connectivity index (χ0n) is 14.1. The normalized spacial score (nSPS) is 11.8. The first kappa shape index (κ1) is 19.2. The summed E-state index contributed by atoms with van der Waals surface area (Å²) in [5, 5.41) is 3.74. The largest absolute Gasteiger partial charge is 0.416 e. The van der Waals surface area contributed by atoms with Crippen molar-refractivity contribution in [3.63, 3.8) is 0 Å². The highest BCUT2D eigenvalue weighted by molar-refractivity contribution is 6.02. The molecule has 7 nitrogen and oxygen atoms in total. The molecule has 26 heavy (non-hydrogen) atoms. The molecule has 0 saturated heterocycles. The molecule has 0 spiro atoms. The molecule has 0 saturated carbocycles. The van der Waals surface area contributed by atoms with Gasteiger partial charge < -0.3 is 4.90 Å². The third-order valence-electron chi connectivity index (χ3n) is 3.37. The van der Waals surface area contributed by atoms with Crippen LogP contribution in [0.2, 0.25) is 0 Å². The van der Waals surface area contributed by atoms with Gasteiger partial charge in [0.05, 0.1) is 11.3 Å². The summed E-state index contributed by atoms with van der Waals surface area (Å²) < 4.78 is 39.3. The number of nitrogens with zero attached hydrogens (tertiary/aromatic N) is 4. The van der Waals surface area contributed by atoms with E-state index >= 15 is 0 Å². The molecule has 0 atom stereocenters. The van der Waals surface area contributed by atoms with Crippen molar-refractivity contribution in [2.24, 2.45) is 7.05 Å². The minimum absolute atomic E-state index is 0.00996. The predicted molar refractivity (Wildman–Crippen MR) is 87.2 cm³/mol. The molecular formula is C16H15F3N4O3. The lowest BCUT2D eigenvalue weighted by molar-refractivity contribution is -0.137. The topological polar surface area (TPSA) is 77.2 Å². The Morgan fingerprint density at radius 2 is 1.73 bits per heavy atom. The maximum atomic E-state index is 12.7. The summed E-state index contributed by atoms with van der Waals surface area (Å²) in [6.07, 6.45) is -2.03. The number of hydrogen-bond acceptors (Lipinski definition) is 5. The predicted octanol–water partition coefficient (Wildman–Crippen LogP) is 1.21. The summed E-state index contributed by atoms with van der Waals surface area (Å²) in [5.41, 5.74) is -3.21. The van der Waals surface area contributed by atoms with Gasteiger partial charge in [0.15, 0.2) is 5.69 Å². The molecule has 1 aromatic heterocycles. The van der Waals surface area contributed by atoms with Crippen molar-refractivity contribution in [2.75, 3.05) is 14.1 Å². The second-order valence-electron chi connectivity index (χ2n) is 5.60. The van der Waals surface area contributed by atoms with Gasteiger partial charge in [0, 0.05) is 33.4 Å². The monoisotopic (exact) mass is 368 g/mol. The van der Waals surface area contributed by atoms with E-state index in [1.165, 1.54) is 6.20 Å². The fourth-order valence-corrected chi connectivity index (χ4v) is 1.98. The number of ketones is 1. The van der Waals surface area contributed by atoms with Gasteiger partial charge in [0.25, 0.3) is 5.56 Å². The number of hydrogen-bond donors (Lipinski definition) is 0. The van der Waals surface area contributed by atoms with Gasteiger partial charge in [0.2, 0.25) is 5.78 Å². The van der Waals surface area contributed by atoms with Crippen LogP contribution in [0.4, 0.5) is 13.2 Å². The van der Waals surface area contributed by atoms with E-state index in [9.17, 15) is 27.6 Å². The van der Waals surface area contributed by atoms with Crippen LogP contribution in [0.5, 0.6) is 0 Å². The smallest absolute Gasteiger partial charge is 0.383 e. The molecule has 10 heteroatoms. The van der Waals surface area contributed by atoms with Crippen molar-refractivity contribution in [3.05, 3.63) is 68.6 Å². The lowest BCUT2D eigenvalue weighted by Gasteiger charge is -2.10. The second kappa shape index (κ2) is 6.98. The van der Waals surface area contributed by atoms with Crippen LogP contribution in [-0.4, -0.2) is 39.1 Å². The highest BCUT2D eigenvalue weighted by Crippen LogP contribution is 2.29. The number of rotatable bonds is 4. The fraction of sp³-hybridized carbons (Fsp3) is 0.250. The third kappa shape index (κ3) is 3.90. The molecule has 0 aliphatic rings. The van der Waals surface area contributed by atoms with Crippen molar-refractivity contribution in [1.29, 1.82) is 0 Å². The van der Waals surface area contributed by atoms with Crippen molar-refractivity contribution >= 4 is 5.78 Å². The minimum atomic E-state index is -4.53. The molecule has 0 N–H and O–H groups in total. The number of aromatic nitrogens is 3. The van der Waals surface area contributed by atoms with Crippen molar-refractivity contribution < 1.29 is 18.0 Å². The fourth-order valence-electron chi connectivity index (χ4n) is 1.98. The summed E-state index contributed by atoms with van der Waals surface area (Å²) >= 11 is 0. The molecule has 0 radical (unpaired) electrons. The third-order valence-corrected chi connectivity index (χ3v) is 3.37. The Morgan fingerprint density at radius 3 is 2.23 bits per heavy atom. The van der Waals surface area contributed by atoms with Crippen LogP contribution in [0.1, 0.15) is 16.1 Å². The Kier molecular flexibility index (Phi) is 5.15. The minimum Gasteiger partial charge on any atom is -0.383 e. The molecule has 0 unspecified atom stereocenters. The highest BCUT2D eigenvalue weighted by atomic mass is 19.4. The van der Waals surface area contributed by atoms with Crippen LogP contribution in [0.15, 0.2) is 46.1 Å².